The van der Waals surface area contributed by atoms with Gasteiger partial charge >= 0.3 is 0 Å². The van der Waals surface area contributed by atoms with Crippen molar-refractivity contribution in [3.05, 3.63) is 128 Å². The topological polar surface area (TPSA) is 58.2 Å². The average molecular weight is 647 g/mol. The van der Waals surface area contributed by atoms with E-state index in [2.05, 4.69) is 22.8 Å². The quantitative estimate of drug-likeness (QED) is 0.141. The Morgan fingerprint density at radius 1 is 0.829 bits per heavy atom. The second-order valence-corrected chi connectivity index (χ2v) is 12.8. The Balaban J connectivity index is 1.25. The molecule has 5 rings (SSSR count). The Hall–Kier alpha value is -2.73. The van der Waals surface area contributed by atoms with Crippen LogP contribution >= 0.6 is 58.0 Å². The van der Waals surface area contributed by atoms with Gasteiger partial charge in [0.05, 0.1) is 10.9 Å². The van der Waals surface area contributed by atoms with Gasteiger partial charge in [-0.05, 0) is 77.7 Å². The summed E-state index contributed by atoms with van der Waals surface area (Å²) in [5, 5.41) is 7.39. The highest BCUT2D eigenvalue weighted by Crippen LogP contribution is 2.65. The second-order valence-electron chi connectivity index (χ2n) is 10.1. The smallest absolute Gasteiger partial charge is 0.231 e. The Morgan fingerprint density at radius 3 is 2.20 bits per heavy atom. The normalized spacial score (nSPS) is 17.1. The molecule has 0 bridgehead atoms. The maximum Gasteiger partial charge on any atom is 0.231 e. The summed E-state index contributed by atoms with van der Waals surface area (Å²) >= 11 is 31.6. The van der Waals surface area contributed by atoms with E-state index in [4.69, 9.17) is 58.0 Å². The van der Waals surface area contributed by atoms with Crippen LogP contribution < -0.4 is 10.6 Å². The van der Waals surface area contributed by atoms with E-state index >= 15 is 0 Å². The van der Waals surface area contributed by atoms with Gasteiger partial charge in [-0.1, -0.05) is 71.2 Å². The number of nitrogens with one attached hydrogen (secondary N) is 2. The van der Waals surface area contributed by atoms with Crippen LogP contribution in [-0.4, -0.2) is 16.0 Å². The van der Waals surface area contributed by atoms with Gasteiger partial charge in [0.1, 0.15) is 4.33 Å². The number of anilines is 2. The summed E-state index contributed by atoms with van der Waals surface area (Å²) < 4.78 is -1.32. The van der Waals surface area contributed by atoms with Crippen LogP contribution in [0.15, 0.2) is 84.9 Å². The molecule has 0 aromatic heterocycles. The van der Waals surface area contributed by atoms with E-state index < -0.39 is 16.2 Å². The fraction of sp³-hybridized carbons (Fsp3) is 0.188. The summed E-state index contributed by atoms with van der Waals surface area (Å²) in [6.07, 6.45) is 0.161. The minimum absolute atomic E-state index is 0.161. The molecule has 4 aromatic carbocycles. The van der Waals surface area contributed by atoms with Crippen molar-refractivity contribution in [2.75, 3.05) is 10.6 Å². The first-order valence-electron chi connectivity index (χ1n) is 12.9. The molecule has 0 spiro atoms. The molecule has 0 aliphatic heterocycles. The molecule has 0 radical (unpaired) electrons. The molecule has 1 saturated carbocycles. The lowest BCUT2D eigenvalue weighted by molar-refractivity contribution is -0.117. The van der Waals surface area contributed by atoms with Gasteiger partial charge < -0.3 is 10.6 Å². The molecule has 2 N–H and O–H groups in total. The van der Waals surface area contributed by atoms with Crippen LogP contribution in [0.2, 0.25) is 15.1 Å². The van der Waals surface area contributed by atoms with Gasteiger partial charge in [0.15, 0.2) is 5.78 Å². The third-order valence-corrected chi connectivity index (χ3v) is 8.85. The Bertz CT molecular complexity index is 1600. The zero-order valence-corrected chi connectivity index (χ0v) is 25.6. The molecule has 4 aromatic rings. The van der Waals surface area contributed by atoms with Crippen molar-refractivity contribution in [2.24, 2.45) is 5.92 Å². The molecule has 1 aliphatic carbocycles. The summed E-state index contributed by atoms with van der Waals surface area (Å²) in [5.41, 5.74) is 5.43. The molecule has 1 fully saturated rings. The van der Waals surface area contributed by atoms with Crippen LogP contribution in [-0.2, 0) is 17.8 Å². The van der Waals surface area contributed by atoms with Gasteiger partial charge in [-0.25, -0.2) is 0 Å². The van der Waals surface area contributed by atoms with Crippen LogP contribution in [0.4, 0.5) is 11.4 Å². The minimum Gasteiger partial charge on any atom is -0.381 e. The lowest BCUT2D eigenvalue weighted by Gasteiger charge is -2.12. The second kappa shape index (κ2) is 12.2. The van der Waals surface area contributed by atoms with E-state index in [-0.39, 0.29) is 18.1 Å². The van der Waals surface area contributed by atoms with Crippen molar-refractivity contribution in [2.45, 2.75) is 30.1 Å². The number of carbonyl (C=O) groups excluding carboxylic acids is 2. The summed E-state index contributed by atoms with van der Waals surface area (Å²) in [7, 11) is 0. The molecule has 0 saturated heterocycles. The van der Waals surface area contributed by atoms with Gasteiger partial charge in [0, 0.05) is 45.9 Å². The number of rotatable bonds is 9. The Labute approximate surface area is 263 Å². The largest absolute Gasteiger partial charge is 0.381 e. The van der Waals surface area contributed by atoms with E-state index in [1.54, 1.807) is 36.4 Å². The van der Waals surface area contributed by atoms with E-state index in [9.17, 15) is 9.59 Å². The molecule has 41 heavy (non-hydrogen) atoms. The number of alkyl halides is 2. The number of hydrogen-bond acceptors (Lipinski definition) is 3. The highest BCUT2D eigenvalue weighted by atomic mass is 35.5. The standard InChI is InChI=1S/C32H25Cl5N2O2/c1-18-11-24(38-17-19-5-3-2-4-6-19)8-7-20(18)14-28(40)26-16-25(9-10-27(26)35)39-31(41)30-29(32(30,36)37)21-12-22(33)15-23(34)13-21/h2-13,15-16,29-30,38H,14,17H2,1H3,(H,39,41). The predicted molar refractivity (Wildman–Crippen MR) is 170 cm³/mol. The number of amides is 1. The number of carbonyl (C=O) groups is 2. The molecular formula is C32H25Cl5N2O2. The van der Waals surface area contributed by atoms with E-state index in [0.717, 1.165) is 16.8 Å². The van der Waals surface area contributed by atoms with E-state index in [1.807, 2.05) is 43.3 Å². The number of benzene rings is 4. The molecule has 1 aliphatic rings. The van der Waals surface area contributed by atoms with Crippen LogP contribution in [0.5, 0.6) is 0 Å². The van der Waals surface area contributed by atoms with Crippen molar-refractivity contribution < 1.29 is 9.59 Å². The Morgan fingerprint density at radius 2 is 1.51 bits per heavy atom. The SMILES string of the molecule is Cc1cc(NCc2ccccc2)ccc1CC(=O)c1cc(NC(=O)C2C(c3cc(Cl)cc(Cl)c3)C2(Cl)Cl)ccc1Cl. The number of ketones is 1. The summed E-state index contributed by atoms with van der Waals surface area (Å²) in [6, 6.07) is 25.8. The van der Waals surface area contributed by atoms with Crippen molar-refractivity contribution in [3.8, 4) is 0 Å². The van der Waals surface area contributed by atoms with Crippen molar-refractivity contribution in [1.29, 1.82) is 0 Å². The van der Waals surface area contributed by atoms with Gasteiger partial charge in [-0.15, -0.1) is 23.2 Å². The molecule has 2 atom stereocenters. The fourth-order valence-electron chi connectivity index (χ4n) is 4.93. The zero-order chi connectivity index (χ0) is 29.3. The molecule has 9 heteroatoms. The minimum atomic E-state index is -1.32. The van der Waals surface area contributed by atoms with Gasteiger partial charge in [-0.3, -0.25) is 9.59 Å². The molecule has 210 valence electrons. The lowest BCUT2D eigenvalue weighted by Crippen LogP contribution is -2.17. The van der Waals surface area contributed by atoms with Gasteiger partial charge in [0.25, 0.3) is 0 Å². The molecule has 2 unspecified atom stereocenters. The maximum atomic E-state index is 13.3. The third kappa shape index (κ3) is 6.85. The van der Waals surface area contributed by atoms with Crippen LogP contribution in [0, 0.1) is 12.8 Å². The summed E-state index contributed by atoms with van der Waals surface area (Å²) in [4.78, 5) is 26.4. The first kappa shape index (κ1) is 29.8. The highest BCUT2D eigenvalue weighted by molar-refractivity contribution is 6.53. The van der Waals surface area contributed by atoms with Crippen molar-refractivity contribution in [1.82, 2.24) is 0 Å². The van der Waals surface area contributed by atoms with Crippen molar-refractivity contribution >= 4 is 81.1 Å². The maximum absolute atomic E-state index is 13.3. The first-order chi connectivity index (χ1) is 19.5. The predicted octanol–water partition coefficient (Wildman–Crippen LogP) is 9.52. The van der Waals surface area contributed by atoms with Gasteiger partial charge in [0.2, 0.25) is 5.91 Å². The van der Waals surface area contributed by atoms with Crippen LogP contribution in [0.25, 0.3) is 0 Å². The first-order valence-corrected chi connectivity index (χ1v) is 14.8. The summed E-state index contributed by atoms with van der Waals surface area (Å²) in [6.45, 7) is 2.67. The number of halogens is 5. The number of Topliss-reactive ketones (excluding diaryl/α,β-unsaturated/α-hetero) is 1. The fourth-order valence-corrected chi connectivity index (χ4v) is 6.53. The van der Waals surface area contributed by atoms with Crippen molar-refractivity contribution in [3.63, 3.8) is 0 Å². The highest BCUT2D eigenvalue weighted by Gasteiger charge is 2.67. The monoisotopic (exact) mass is 644 g/mol. The Kier molecular flexibility index (Phi) is 8.89. The van der Waals surface area contributed by atoms with E-state index in [1.165, 1.54) is 5.56 Å². The van der Waals surface area contributed by atoms with E-state index in [0.29, 0.717) is 38.4 Å². The molecule has 1 amide bonds. The zero-order valence-electron chi connectivity index (χ0n) is 21.9. The van der Waals surface area contributed by atoms with Gasteiger partial charge in [-0.2, -0.15) is 0 Å². The van der Waals surface area contributed by atoms with Crippen LogP contribution in [0.1, 0.15) is 38.5 Å². The molecule has 4 nitrogen and oxygen atoms in total. The average Bonchev–Trinajstić information content (AvgIpc) is 3.52. The summed E-state index contributed by atoms with van der Waals surface area (Å²) in [5.74, 6) is -1.76. The number of aryl methyl sites for hydroxylation is 1. The molecular weight excluding hydrogens is 622 g/mol. The third-order valence-electron chi connectivity index (χ3n) is 7.15. The lowest BCUT2D eigenvalue weighted by atomic mass is 9.98. The van der Waals surface area contributed by atoms with Crippen LogP contribution in [0.3, 0.4) is 0 Å². The number of hydrogen-bond donors (Lipinski definition) is 2. The molecule has 0 heterocycles.